The van der Waals surface area contributed by atoms with Gasteiger partial charge in [-0.25, -0.2) is 0 Å². The Balaban J connectivity index is 2.13. The molecule has 0 amide bonds. The number of hydrogen-bond donors (Lipinski definition) is 1. The van der Waals surface area contributed by atoms with Crippen molar-refractivity contribution in [3.8, 4) is 0 Å². The van der Waals surface area contributed by atoms with Gasteiger partial charge in [-0.2, -0.15) is 5.10 Å². The Morgan fingerprint density at radius 3 is 2.47 bits per heavy atom. The fraction of sp³-hybridized carbons (Fsp3) is 0.438. The molecule has 0 aliphatic carbocycles. The van der Waals surface area contributed by atoms with Crippen LogP contribution in [0.4, 0.5) is 0 Å². The fourth-order valence-corrected chi connectivity index (χ4v) is 2.16. The molecule has 3 heteroatoms. The molecule has 1 unspecified atom stereocenters. The van der Waals surface area contributed by atoms with Crippen LogP contribution in [-0.2, 0) is 6.54 Å². The second-order valence-corrected chi connectivity index (χ2v) is 5.16. The van der Waals surface area contributed by atoms with Gasteiger partial charge >= 0.3 is 0 Å². The summed E-state index contributed by atoms with van der Waals surface area (Å²) < 4.78 is 2.02. The van der Waals surface area contributed by atoms with Crippen molar-refractivity contribution in [1.82, 2.24) is 15.1 Å². The second-order valence-electron chi connectivity index (χ2n) is 5.16. The molecule has 0 aliphatic rings. The molecule has 0 radical (unpaired) electrons. The van der Waals surface area contributed by atoms with Gasteiger partial charge in [0, 0.05) is 6.20 Å². The molecule has 1 atom stereocenters. The Labute approximate surface area is 115 Å². The first-order valence-corrected chi connectivity index (χ1v) is 6.98. The molecule has 1 aromatic heterocycles. The van der Waals surface area contributed by atoms with Crippen LogP contribution in [0.25, 0.3) is 0 Å². The zero-order valence-corrected chi connectivity index (χ0v) is 12.1. The number of benzene rings is 1. The van der Waals surface area contributed by atoms with Crippen LogP contribution in [0.1, 0.15) is 36.1 Å². The average molecular weight is 257 g/mol. The summed E-state index contributed by atoms with van der Waals surface area (Å²) in [6.45, 7) is 8.28. The molecule has 2 rings (SSSR count). The fourth-order valence-electron chi connectivity index (χ4n) is 2.16. The van der Waals surface area contributed by atoms with Crippen LogP contribution in [0.15, 0.2) is 36.7 Å². The smallest absolute Gasteiger partial charge is 0.0604 e. The number of aryl methyl sites for hydroxylation is 2. The summed E-state index contributed by atoms with van der Waals surface area (Å²) in [5.74, 6) is 0. The minimum Gasteiger partial charge on any atom is -0.308 e. The molecule has 0 saturated carbocycles. The first-order valence-electron chi connectivity index (χ1n) is 6.98. The number of nitrogens with zero attached hydrogens (tertiary/aromatic N) is 2. The summed E-state index contributed by atoms with van der Waals surface area (Å²) >= 11 is 0. The second kappa shape index (κ2) is 6.53. The third-order valence-corrected chi connectivity index (χ3v) is 3.25. The molecule has 2 aromatic rings. The third kappa shape index (κ3) is 3.93. The molecular formula is C16H23N3. The highest BCUT2D eigenvalue weighted by Crippen LogP contribution is 2.16. The van der Waals surface area contributed by atoms with Crippen molar-refractivity contribution >= 4 is 0 Å². The summed E-state index contributed by atoms with van der Waals surface area (Å²) in [6, 6.07) is 9.08. The van der Waals surface area contributed by atoms with Crippen molar-refractivity contribution in [1.29, 1.82) is 0 Å². The first-order chi connectivity index (χ1) is 9.19. The van der Waals surface area contributed by atoms with Crippen LogP contribution in [0.5, 0.6) is 0 Å². The largest absolute Gasteiger partial charge is 0.308 e. The molecule has 0 bridgehead atoms. The summed E-state index contributed by atoms with van der Waals surface area (Å²) in [4.78, 5) is 0. The van der Waals surface area contributed by atoms with Gasteiger partial charge in [-0.15, -0.1) is 0 Å². The van der Waals surface area contributed by atoms with E-state index in [4.69, 9.17) is 0 Å². The number of rotatable bonds is 6. The van der Waals surface area contributed by atoms with Crippen LogP contribution in [-0.4, -0.2) is 16.3 Å². The molecule has 0 fully saturated rings. The van der Waals surface area contributed by atoms with Gasteiger partial charge in [0.05, 0.1) is 18.8 Å². The SMILES string of the molecule is CCCNC(Cn1cc(C)cn1)c1ccc(C)cc1. The lowest BCUT2D eigenvalue weighted by Crippen LogP contribution is -2.26. The van der Waals surface area contributed by atoms with E-state index in [-0.39, 0.29) is 0 Å². The Morgan fingerprint density at radius 2 is 1.89 bits per heavy atom. The summed E-state index contributed by atoms with van der Waals surface area (Å²) in [5, 5.41) is 7.99. The maximum atomic E-state index is 4.38. The van der Waals surface area contributed by atoms with Gasteiger partial charge in [-0.3, -0.25) is 4.68 Å². The molecule has 0 spiro atoms. The predicted octanol–water partition coefficient (Wildman–Crippen LogP) is 3.24. The Morgan fingerprint density at radius 1 is 1.16 bits per heavy atom. The maximum absolute atomic E-state index is 4.38. The standard InChI is InChI=1S/C16H23N3/c1-4-9-17-16(12-19-11-14(3)10-18-19)15-7-5-13(2)6-8-15/h5-8,10-11,16-17H,4,9,12H2,1-3H3. The Hall–Kier alpha value is -1.61. The van der Waals surface area contributed by atoms with Crippen LogP contribution < -0.4 is 5.32 Å². The van der Waals surface area contributed by atoms with Gasteiger partial charge in [-0.1, -0.05) is 36.8 Å². The van der Waals surface area contributed by atoms with Gasteiger partial charge in [0.25, 0.3) is 0 Å². The number of aromatic nitrogens is 2. The summed E-state index contributed by atoms with van der Waals surface area (Å²) in [6.07, 6.45) is 5.14. The number of nitrogens with one attached hydrogen (secondary N) is 1. The normalized spacial score (nSPS) is 12.6. The van der Waals surface area contributed by atoms with E-state index in [1.165, 1.54) is 16.7 Å². The maximum Gasteiger partial charge on any atom is 0.0604 e. The van der Waals surface area contributed by atoms with Crippen LogP contribution >= 0.6 is 0 Å². The molecule has 1 heterocycles. The molecule has 0 saturated heterocycles. The van der Waals surface area contributed by atoms with Crippen molar-refractivity contribution in [3.63, 3.8) is 0 Å². The van der Waals surface area contributed by atoms with E-state index in [1.54, 1.807) is 0 Å². The molecule has 102 valence electrons. The minimum atomic E-state index is 0.319. The molecular weight excluding hydrogens is 234 g/mol. The van der Waals surface area contributed by atoms with E-state index in [1.807, 2.05) is 10.9 Å². The highest BCUT2D eigenvalue weighted by Gasteiger charge is 2.11. The quantitative estimate of drug-likeness (QED) is 0.861. The van der Waals surface area contributed by atoms with Gasteiger partial charge < -0.3 is 5.32 Å². The lowest BCUT2D eigenvalue weighted by molar-refractivity contribution is 0.439. The van der Waals surface area contributed by atoms with Crippen molar-refractivity contribution in [2.75, 3.05) is 6.54 Å². The molecule has 19 heavy (non-hydrogen) atoms. The highest BCUT2D eigenvalue weighted by atomic mass is 15.3. The van der Waals surface area contributed by atoms with E-state index in [9.17, 15) is 0 Å². The lowest BCUT2D eigenvalue weighted by atomic mass is 10.0. The van der Waals surface area contributed by atoms with Crippen molar-refractivity contribution in [3.05, 3.63) is 53.3 Å². The van der Waals surface area contributed by atoms with Crippen LogP contribution in [0, 0.1) is 13.8 Å². The zero-order chi connectivity index (χ0) is 13.7. The van der Waals surface area contributed by atoms with Gasteiger partial charge in [0.15, 0.2) is 0 Å². The van der Waals surface area contributed by atoms with E-state index in [0.717, 1.165) is 19.5 Å². The molecule has 3 nitrogen and oxygen atoms in total. The van der Waals surface area contributed by atoms with Gasteiger partial charge in [0.2, 0.25) is 0 Å². The molecule has 0 aliphatic heterocycles. The van der Waals surface area contributed by atoms with E-state index in [0.29, 0.717) is 6.04 Å². The van der Waals surface area contributed by atoms with E-state index in [2.05, 4.69) is 61.6 Å². The van der Waals surface area contributed by atoms with Gasteiger partial charge in [0.1, 0.15) is 0 Å². The lowest BCUT2D eigenvalue weighted by Gasteiger charge is -2.19. The van der Waals surface area contributed by atoms with Crippen LogP contribution in [0.3, 0.4) is 0 Å². The Bertz CT molecular complexity index is 499. The monoisotopic (exact) mass is 257 g/mol. The van der Waals surface area contributed by atoms with Crippen LogP contribution in [0.2, 0.25) is 0 Å². The topological polar surface area (TPSA) is 29.9 Å². The Kier molecular flexibility index (Phi) is 4.74. The first kappa shape index (κ1) is 13.8. The van der Waals surface area contributed by atoms with Crippen molar-refractivity contribution in [2.45, 2.75) is 39.8 Å². The third-order valence-electron chi connectivity index (χ3n) is 3.25. The van der Waals surface area contributed by atoms with Crippen molar-refractivity contribution < 1.29 is 0 Å². The van der Waals surface area contributed by atoms with Gasteiger partial charge in [-0.05, 0) is 37.9 Å². The minimum absolute atomic E-state index is 0.319. The zero-order valence-electron chi connectivity index (χ0n) is 12.1. The predicted molar refractivity (Wildman–Crippen MR) is 79.2 cm³/mol. The summed E-state index contributed by atoms with van der Waals surface area (Å²) in [7, 11) is 0. The van der Waals surface area contributed by atoms with Crippen molar-refractivity contribution in [2.24, 2.45) is 0 Å². The molecule has 1 N–H and O–H groups in total. The molecule has 1 aromatic carbocycles. The highest BCUT2D eigenvalue weighted by molar-refractivity contribution is 5.24. The number of hydrogen-bond acceptors (Lipinski definition) is 2. The van der Waals surface area contributed by atoms with E-state index < -0.39 is 0 Å². The average Bonchev–Trinajstić information content (AvgIpc) is 2.81. The summed E-state index contributed by atoms with van der Waals surface area (Å²) in [5.41, 5.74) is 3.83. The van der Waals surface area contributed by atoms with E-state index >= 15 is 0 Å².